The molecule has 1 aromatic rings. The fraction of sp³-hybridized carbons (Fsp3) is 0.562. The summed E-state index contributed by atoms with van der Waals surface area (Å²) in [5, 5.41) is 1.94. The van der Waals surface area contributed by atoms with Crippen molar-refractivity contribution in [2.75, 3.05) is 6.54 Å². The molecule has 0 aliphatic heterocycles. The molecule has 0 aliphatic rings. The lowest BCUT2D eigenvalue weighted by Gasteiger charge is -2.26. The second-order valence-electron chi connectivity index (χ2n) is 6.75. The molecule has 0 heterocycles. The number of carbonyl (C=O) groups excluding carboxylic acids is 1. The van der Waals surface area contributed by atoms with E-state index in [9.17, 15) is 18.0 Å². The molecule has 2 nitrogen and oxygen atoms in total. The molecule has 1 aromatic carbocycles. The van der Waals surface area contributed by atoms with Crippen LogP contribution in [0.4, 0.5) is 13.2 Å². The van der Waals surface area contributed by atoms with Crippen LogP contribution in [0.1, 0.15) is 45.7 Å². The topological polar surface area (TPSA) is 29.1 Å². The Morgan fingerprint density at radius 3 is 1.76 bits per heavy atom. The maximum Gasteiger partial charge on any atom is 0.405 e. The first-order valence-corrected chi connectivity index (χ1v) is 6.80. The van der Waals surface area contributed by atoms with E-state index in [1.165, 1.54) is 0 Å². The van der Waals surface area contributed by atoms with E-state index >= 15 is 0 Å². The van der Waals surface area contributed by atoms with Crippen molar-refractivity contribution in [2.45, 2.75) is 51.6 Å². The van der Waals surface area contributed by atoms with Gasteiger partial charge < -0.3 is 5.32 Å². The van der Waals surface area contributed by atoms with E-state index in [-0.39, 0.29) is 5.41 Å². The molecule has 1 rings (SSSR count). The van der Waals surface area contributed by atoms with E-state index < -0.39 is 24.0 Å². The van der Waals surface area contributed by atoms with Crippen LogP contribution in [0, 0.1) is 0 Å². The highest BCUT2D eigenvalue weighted by Gasteiger charge is 2.34. The third-order valence-corrected chi connectivity index (χ3v) is 3.49. The van der Waals surface area contributed by atoms with Crippen molar-refractivity contribution in [3.63, 3.8) is 0 Å². The van der Waals surface area contributed by atoms with Crippen molar-refractivity contribution in [1.82, 2.24) is 5.32 Å². The first kappa shape index (κ1) is 17.5. The van der Waals surface area contributed by atoms with Gasteiger partial charge in [0.2, 0.25) is 5.91 Å². The van der Waals surface area contributed by atoms with Crippen molar-refractivity contribution < 1.29 is 18.0 Å². The summed E-state index contributed by atoms with van der Waals surface area (Å²) >= 11 is 0. The highest BCUT2D eigenvalue weighted by Crippen LogP contribution is 2.28. The smallest absolute Gasteiger partial charge is 0.346 e. The van der Waals surface area contributed by atoms with Crippen molar-refractivity contribution >= 4 is 5.91 Å². The predicted octanol–water partition coefficient (Wildman–Crippen LogP) is 3.94. The van der Waals surface area contributed by atoms with Gasteiger partial charge in [-0.2, -0.15) is 13.2 Å². The molecular weight excluding hydrogens is 279 g/mol. The van der Waals surface area contributed by atoms with Crippen LogP contribution in [0.25, 0.3) is 0 Å². The summed E-state index contributed by atoms with van der Waals surface area (Å²) < 4.78 is 36.5. The maximum atomic E-state index is 12.2. The fourth-order valence-corrected chi connectivity index (χ4v) is 1.92. The van der Waals surface area contributed by atoms with Crippen LogP contribution in [0.15, 0.2) is 24.3 Å². The highest BCUT2D eigenvalue weighted by atomic mass is 19.4. The molecule has 118 valence electrons. The Hall–Kier alpha value is -1.52. The summed E-state index contributed by atoms with van der Waals surface area (Å²) in [5.41, 5.74) is 0.774. The normalized spacial score (nSPS) is 13.1. The van der Waals surface area contributed by atoms with Gasteiger partial charge in [0, 0.05) is 0 Å². The minimum Gasteiger partial charge on any atom is -0.346 e. The minimum atomic E-state index is -4.40. The van der Waals surface area contributed by atoms with E-state index in [2.05, 4.69) is 20.8 Å². The third-order valence-electron chi connectivity index (χ3n) is 3.49. The number of nitrogens with one attached hydrogen (secondary N) is 1. The number of hydrogen-bond acceptors (Lipinski definition) is 1. The Balaban J connectivity index is 2.89. The average Bonchev–Trinajstić information content (AvgIpc) is 2.34. The van der Waals surface area contributed by atoms with E-state index in [1.807, 2.05) is 17.4 Å². The molecule has 0 atom stereocenters. The SMILES string of the molecule is CC(C)(C)c1ccc(C(C)(C)C(=O)NCC(F)(F)F)cc1. The zero-order chi connectivity index (χ0) is 16.5. The van der Waals surface area contributed by atoms with Gasteiger partial charge >= 0.3 is 6.18 Å². The number of rotatable bonds is 3. The van der Waals surface area contributed by atoms with Gasteiger partial charge in [0.1, 0.15) is 6.54 Å². The maximum absolute atomic E-state index is 12.2. The summed E-state index contributed by atoms with van der Waals surface area (Å²) in [6, 6.07) is 7.42. The van der Waals surface area contributed by atoms with E-state index in [1.54, 1.807) is 26.0 Å². The molecule has 0 aliphatic carbocycles. The Kier molecular flexibility index (Phi) is 4.76. The number of halogens is 3. The molecule has 21 heavy (non-hydrogen) atoms. The molecular formula is C16H22F3NO. The molecule has 0 radical (unpaired) electrons. The van der Waals surface area contributed by atoms with Crippen molar-refractivity contribution in [2.24, 2.45) is 0 Å². The lowest BCUT2D eigenvalue weighted by atomic mass is 9.80. The summed E-state index contributed by atoms with van der Waals surface area (Å²) in [4.78, 5) is 12.0. The van der Waals surface area contributed by atoms with Crippen LogP contribution in [0.5, 0.6) is 0 Å². The van der Waals surface area contributed by atoms with Crippen LogP contribution in [0.3, 0.4) is 0 Å². The van der Waals surface area contributed by atoms with Gasteiger partial charge in [0.25, 0.3) is 0 Å². The van der Waals surface area contributed by atoms with Gasteiger partial charge in [-0.1, -0.05) is 45.0 Å². The lowest BCUT2D eigenvalue weighted by molar-refractivity contribution is -0.141. The molecule has 0 aromatic heterocycles. The molecule has 0 unspecified atom stereocenters. The fourth-order valence-electron chi connectivity index (χ4n) is 1.92. The molecule has 1 amide bonds. The van der Waals surface area contributed by atoms with Gasteiger partial charge in [0.15, 0.2) is 0 Å². The summed E-state index contributed by atoms with van der Waals surface area (Å²) in [7, 11) is 0. The molecule has 1 N–H and O–H groups in total. The summed E-state index contributed by atoms with van der Waals surface area (Å²) in [6.45, 7) is 8.14. The molecule has 0 bridgehead atoms. The van der Waals surface area contributed by atoms with Crippen molar-refractivity contribution in [3.8, 4) is 0 Å². The van der Waals surface area contributed by atoms with Gasteiger partial charge in [-0.15, -0.1) is 0 Å². The second-order valence-corrected chi connectivity index (χ2v) is 6.75. The molecule has 0 spiro atoms. The third kappa shape index (κ3) is 4.76. The second kappa shape index (κ2) is 5.70. The summed E-state index contributed by atoms with van der Waals surface area (Å²) in [6.07, 6.45) is -4.40. The average molecular weight is 301 g/mol. The highest BCUT2D eigenvalue weighted by molar-refractivity contribution is 5.87. The van der Waals surface area contributed by atoms with Crippen molar-refractivity contribution in [3.05, 3.63) is 35.4 Å². The number of amides is 1. The predicted molar refractivity (Wildman–Crippen MR) is 77.2 cm³/mol. The van der Waals surface area contributed by atoms with E-state index in [4.69, 9.17) is 0 Å². The molecule has 5 heteroatoms. The van der Waals surface area contributed by atoms with Crippen molar-refractivity contribution in [1.29, 1.82) is 0 Å². The molecule has 0 saturated heterocycles. The molecule has 0 fully saturated rings. The van der Waals surface area contributed by atoms with Crippen LogP contribution in [-0.2, 0) is 15.6 Å². The van der Waals surface area contributed by atoms with Gasteiger partial charge in [-0.05, 0) is 30.4 Å². The van der Waals surface area contributed by atoms with Gasteiger partial charge in [-0.25, -0.2) is 0 Å². The Morgan fingerprint density at radius 1 is 0.952 bits per heavy atom. The quantitative estimate of drug-likeness (QED) is 0.900. The van der Waals surface area contributed by atoms with Gasteiger partial charge in [-0.3, -0.25) is 4.79 Å². The number of benzene rings is 1. The Morgan fingerprint density at radius 2 is 1.38 bits per heavy atom. The number of carbonyl (C=O) groups is 1. The van der Waals surface area contributed by atoms with E-state index in [0.717, 1.165) is 5.56 Å². The zero-order valence-corrected chi connectivity index (χ0v) is 13.1. The molecule has 0 saturated carbocycles. The van der Waals surface area contributed by atoms with Crippen LogP contribution >= 0.6 is 0 Å². The largest absolute Gasteiger partial charge is 0.405 e. The monoisotopic (exact) mass is 301 g/mol. The van der Waals surface area contributed by atoms with Crippen LogP contribution < -0.4 is 5.32 Å². The first-order chi connectivity index (χ1) is 9.34. The standard InChI is InChI=1S/C16H22F3NO/c1-14(2,3)11-6-8-12(9-7-11)15(4,5)13(21)20-10-16(17,18)19/h6-9H,10H2,1-5H3,(H,20,21). The minimum absolute atomic E-state index is 0.0127. The van der Waals surface area contributed by atoms with E-state index in [0.29, 0.717) is 5.56 Å². The zero-order valence-electron chi connectivity index (χ0n) is 13.1. The Bertz CT molecular complexity index is 496. The number of alkyl halides is 3. The Labute approximate surface area is 123 Å². The summed E-state index contributed by atoms with van der Waals surface area (Å²) in [5.74, 6) is -0.636. The number of hydrogen-bond donors (Lipinski definition) is 1. The lowest BCUT2D eigenvalue weighted by Crippen LogP contribution is -2.44. The van der Waals surface area contributed by atoms with Gasteiger partial charge in [0.05, 0.1) is 5.41 Å². The van der Waals surface area contributed by atoms with Crippen LogP contribution in [-0.4, -0.2) is 18.6 Å². The van der Waals surface area contributed by atoms with Crippen LogP contribution in [0.2, 0.25) is 0 Å². The first-order valence-electron chi connectivity index (χ1n) is 6.80.